The molecule has 0 unspecified atom stereocenters. The molecular weight excluding hydrogens is 308 g/mol. The molecule has 0 spiro atoms. The number of carbonyl (C=O) groups is 1. The van der Waals surface area contributed by atoms with Crippen molar-refractivity contribution in [2.24, 2.45) is 5.92 Å². The van der Waals surface area contributed by atoms with Crippen molar-refractivity contribution >= 4 is 17.2 Å². The number of thiazole rings is 1. The van der Waals surface area contributed by atoms with Gasteiger partial charge in [0.15, 0.2) is 10.8 Å². The van der Waals surface area contributed by atoms with Crippen LogP contribution in [0.1, 0.15) is 49.0 Å². The average molecular weight is 328 g/mol. The Bertz CT molecular complexity index is 685. The molecule has 3 heterocycles. The van der Waals surface area contributed by atoms with Crippen LogP contribution in [0.15, 0.2) is 23.8 Å². The van der Waals surface area contributed by atoms with Gasteiger partial charge >= 0.3 is 0 Å². The van der Waals surface area contributed by atoms with E-state index in [1.54, 1.807) is 18.5 Å². The molecule has 6 heteroatoms. The van der Waals surface area contributed by atoms with Gasteiger partial charge in [0.25, 0.3) is 5.91 Å². The van der Waals surface area contributed by atoms with E-state index in [4.69, 9.17) is 0 Å². The Kier molecular flexibility index (Phi) is 4.08. The van der Waals surface area contributed by atoms with Gasteiger partial charge in [-0.2, -0.15) is 0 Å². The Balaban J connectivity index is 1.56. The van der Waals surface area contributed by atoms with Crippen molar-refractivity contribution in [3.05, 3.63) is 29.5 Å². The number of nitrogens with zero attached hydrogens (tertiary/aromatic N) is 4. The van der Waals surface area contributed by atoms with Gasteiger partial charge in [-0.25, -0.2) is 15.0 Å². The smallest absolute Gasteiger partial charge is 0.273 e. The molecule has 120 valence electrons. The van der Waals surface area contributed by atoms with Crippen molar-refractivity contribution in [1.82, 2.24) is 19.9 Å². The van der Waals surface area contributed by atoms with Crippen molar-refractivity contribution in [2.75, 3.05) is 6.54 Å². The third-order valence-corrected chi connectivity index (χ3v) is 5.82. The van der Waals surface area contributed by atoms with Crippen LogP contribution in [0.4, 0.5) is 0 Å². The number of carbonyl (C=O) groups excluding carboxylic acids is 1. The molecule has 4 rings (SSSR count). The van der Waals surface area contributed by atoms with Gasteiger partial charge in [0.2, 0.25) is 0 Å². The molecule has 1 aliphatic carbocycles. The van der Waals surface area contributed by atoms with E-state index in [-0.39, 0.29) is 5.91 Å². The third-order valence-electron chi connectivity index (χ3n) is 4.98. The van der Waals surface area contributed by atoms with Gasteiger partial charge in [0.05, 0.1) is 0 Å². The predicted molar refractivity (Wildman–Crippen MR) is 89.2 cm³/mol. The molecule has 1 amide bonds. The van der Waals surface area contributed by atoms with E-state index in [1.165, 1.54) is 37.0 Å². The summed E-state index contributed by atoms with van der Waals surface area (Å²) in [6.07, 6.45) is 10.8. The van der Waals surface area contributed by atoms with Crippen molar-refractivity contribution in [2.45, 2.75) is 44.6 Å². The predicted octanol–water partition coefficient (Wildman–Crippen LogP) is 3.39. The highest BCUT2D eigenvalue weighted by molar-refractivity contribution is 7.13. The van der Waals surface area contributed by atoms with Crippen LogP contribution in [0.2, 0.25) is 0 Å². The molecule has 23 heavy (non-hydrogen) atoms. The number of piperidine rings is 1. The zero-order chi connectivity index (χ0) is 15.6. The van der Waals surface area contributed by atoms with E-state index in [0.29, 0.717) is 28.5 Å². The quantitative estimate of drug-likeness (QED) is 0.848. The van der Waals surface area contributed by atoms with Crippen molar-refractivity contribution in [3.8, 4) is 10.8 Å². The largest absolute Gasteiger partial charge is 0.334 e. The lowest BCUT2D eigenvalue weighted by Crippen LogP contribution is -2.49. The van der Waals surface area contributed by atoms with Crippen LogP contribution in [-0.2, 0) is 0 Å². The van der Waals surface area contributed by atoms with Crippen LogP contribution in [0.25, 0.3) is 10.8 Å². The van der Waals surface area contributed by atoms with E-state index >= 15 is 0 Å². The first-order valence-corrected chi connectivity index (χ1v) is 9.25. The Morgan fingerprint density at radius 2 is 1.91 bits per heavy atom. The molecule has 2 aromatic rings. The lowest BCUT2D eigenvalue weighted by atomic mass is 9.78. The summed E-state index contributed by atoms with van der Waals surface area (Å²) < 4.78 is 0. The highest BCUT2D eigenvalue weighted by atomic mass is 32.1. The second kappa shape index (κ2) is 6.35. The van der Waals surface area contributed by atoms with Crippen LogP contribution < -0.4 is 0 Å². The van der Waals surface area contributed by atoms with Gasteiger partial charge in [0, 0.05) is 30.4 Å². The minimum Gasteiger partial charge on any atom is -0.334 e. The summed E-state index contributed by atoms with van der Waals surface area (Å²) in [6, 6.07) is 2.20. The number of amides is 1. The van der Waals surface area contributed by atoms with E-state index < -0.39 is 0 Å². The second-order valence-electron chi connectivity index (χ2n) is 6.36. The molecule has 0 N–H and O–H groups in total. The molecule has 1 saturated heterocycles. The molecule has 1 aliphatic heterocycles. The average Bonchev–Trinajstić information content (AvgIpc) is 3.11. The Labute approximate surface area is 139 Å². The number of hydrogen-bond donors (Lipinski definition) is 0. The van der Waals surface area contributed by atoms with Crippen LogP contribution in [0, 0.1) is 5.92 Å². The fourth-order valence-electron chi connectivity index (χ4n) is 3.91. The summed E-state index contributed by atoms with van der Waals surface area (Å²) >= 11 is 1.44. The lowest BCUT2D eigenvalue weighted by Gasteiger charge is -2.43. The first kappa shape index (κ1) is 14.8. The normalized spacial score (nSPS) is 24.3. The fraction of sp³-hybridized carbons (Fsp3) is 0.529. The number of hydrogen-bond acceptors (Lipinski definition) is 5. The van der Waals surface area contributed by atoms with Crippen molar-refractivity contribution < 1.29 is 4.79 Å². The maximum Gasteiger partial charge on any atom is 0.273 e. The van der Waals surface area contributed by atoms with E-state index in [1.807, 2.05) is 5.38 Å². The maximum absolute atomic E-state index is 12.9. The second-order valence-corrected chi connectivity index (χ2v) is 7.22. The SMILES string of the molecule is O=C(c1csc(-c2ncccn2)n1)N1CCC[C@H]2CCCC[C@@H]21. The molecule has 5 nitrogen and oxygen atoms in total. The van der Waals surface area contributed by atoms with Crippen LogP contribution >= 0.6 is 11.3 Å². The van der Waals surface area contributed by atoms with Gasteiger partial charge in [-0.3, -0.25) is 4.79 Å². The summed E-state index contributed by atoms with van der Waals surface area (Å²) in [5.74, 6) is 1.36. The van der Waals surface area contributed by atoms with Crippen molar-refractivity contribution in [1.29, 1.82) is 0 Å². The summed E-state index contributed by atoms with van der Waals surface area (Å²) in [5, 5.41) is 2.56. The summed E-state index contributed by atoms with van der Waals surface area (Å²) in [5.41, 5.74) is 0.545. The van der Waals surface area contributed by atoms with Gasteiger partial charge in [-0.05, 0) is 37.7 Å². The monoisotopic (exact) mass is 328 g/mol. The third kappa shape index (κ3) is 2.87. The molecule has 2 aliphatic rings. The molecule has 1 saturated carbocycles. The molecular formula is C17H20N4OS. The fourth-order valence-corrected chi connectivity index (χ4v) is 4.65. The van der Waals surface area contributed by atoms with Crippen LogP contribution in [-0.4, -0.2) is 38.3 Å². The van der Waals surface area contributed by atoms with Gasteiger partial charge in [-0.15, -0.1) is 11.3 Å². The Morgan fingerprint density at radius 1 is 1.13 bits per heavy atom. The van der Waals surface area contributed by atoms with E-state index in [2.05, 4.69) is 19.9 Å². The molecule has 2 atom stereocenters. The van der Waals surface area contributed by atoms with Gasteiger partial charge < -0.3 is 4.90 Å². The standard InChI is InChI=1S/C17H20N4OS/c22-17(21-10-3-6-12-5-1-2-7-14(12)21)13-11-23-16(20-13)15-18-8-4-9-19-15/h4,8-9,11-12,14H,1-3,5-7,10H2/t12-,14+/m1/s1. The van der Waals surface area contributed by atoms with Gasteiger partial charge in [-0.1, -0.05) is 12.8 Å². The summed E-state index contributed by atoms with van der Waals surface area (Å²) in [7, 11) is 0. The van der Waals surface area contributed by atoms with Crippen molar-refractivity contribution in [3.63, 3.8) is 0 Å². The first-order chi connectivity index (χ1) is 11.3. The molecule has 2 aromatic heterocycles. The number of rotatable bonds is 2. The number of fused-ring (bicyclic) bond motifs is 1. The van der Waals surface area contributed by atoms with E-state index in [0.717, 1.165) is 19.4 Å². The molecule has 0 radical (unpaired) electrons. The zero-order valence-corrected chi connectivity index (χ0v) is 13.8. The van der Waals surface area contributed by atoms with Gasteiger partial charge in [0.1, 0.15) is 5.69 Å². The Hall–Kier alpha value is -1.82. The first-order valence-electron chi connectivity index (χ1n) is 8.37. The number of aromatic nitrogens is 3. The Morgan fingerprint density at radius 3 is 2.78 bits per heavy atom. The highest BCUT2D eigenvalue weighted by Gasteiger charge is 2.36. The molecule has 0 aromatic carbocycles. The minimum atomic E-state index is 0.0834. The lowest BCUT2D eigenvalue weighted by molar-refractivity contribution is 0.0386. The zero-order valence-electron chi connectivity index (χ0n) is 13.0. The van der Waals surface area contributed by atoms with Crippen LogP contribution in [0.3, 0.4) is 0 Å². The number of likely N-dealkylation sites (tertiary alicyclic amines) is 1. The topological polar surface area (TPSA) is 59.0 Å². The minimum absolute atomic E-state index is 0.0834. The molecule has 2 fully saturated rings. The maximum atomic E-state index is 12.9. The highest BCUT2D eigenvalue weighted by Crippen LogP contribution is 2.36. The van der Waals surface area contributed by atoms with Crippen LogP contribution in [0.5, 0.6) is 0 Å². The summed E-state index contributed by atoms with van der Waals surface area (Å²) in [6.45, 7) is 0.870. The van der Waals surface area contributed by atoms with E-state index in [9.17, 15) is 4.79 Å². The molecule has 0 bridgehead atoms. The summed E-state index contributed by atoms with van der Waals surface area (Å²) in [4.78, 5) is 27.9.